The molecule has 0 radical (unpaired) electrons. The lowest BCUT2D eigenvalue weighted by atomic mass is 10.1. The van der Waals surface area contributed by atoms with Crippen LogP contribution in [0.1, 0.15) is 24.2 Å². The largest absolute Gasteiger partial charge is 0.484 e. The molecule has 4 nitrogen and oxygen atoms in total. The summed E-state index contributed by atoms with van der Waals surface area (Å²) in [6.45, 7) is 2.56. The van der Waals surface area contributed by atoms with Crippen molar-refractivity contribution in [1.82, 2.24) is 9.78 Å². The molecule has 0 bridgehead atoms. The Morgan fingerprint density at radius 1 is 1.33 bits per heavy atom. The number of ether oxygens (including phenoxy) is 1. The highest BCUT2D eigenvalue weighted by atomic mass is 16.5. The van der Waals surface area contributed by atoms with E-state index in [1.165, 1.54) is 5.56 Å². The Morgan fingerprint density at radius 3 is 2.56 bits per heavy atom. The molecule has 0 aliphatic heterocycles. The van der Waals surface area contributed by atoms with E-state index in [0.29, 0.717) is 6.54 Å². The molecule has 96 valence electrons. The number of aromatic nitrogens is 2. The second-order valence-corrected chi connectivity index (χ2v) is 4.29. The Labute approximate surface area is 107 Å². The maximum Gasteiger partial charge on any atom is 0.139 e. The van der Waals surface area contributed by atoms with Crippen LogP contribution in [0.2, 0.25) is 0 Å². The van der Waals surface area contributed by atoms with Crippen LogP contribution in [-0.2, 0) is 13.5 Å². The van der Waals surface area contributed by atoms with Crippen molar-refractivity contribution in [2.45, 2.75) is 19.4 Å². The van der Waals surface area contributed by atoms with Crippen LogP contribution in [-0.4, -0.2) is 16.3 Å². The van der Waals surface area contributed by atoms with Crippen LogP contribution in [0.4, 0.5) is 0 Å². The van der Waals surface area contributed by atoms with Gasteiger partial charge in [-0.2, -0.15) is 5.10 Å². The van der Waals surface area contributed by atoms with Gasteiger partial charge in [-0.15, -0.1) is 0 Å². The zero-order chi connectivity index (χ0) is 13.0. The first-order valence-electron chi connectivity index (χ1n) is 6.17. The average molecular weight is 245 g/mol. The van der Waals surface area contributed by atoms with Crippen molar-refractivity contribution < 1.29 is 4.74 Å². The zero-order valence-corrected chi connectivity index (χ0v) is 10.8. The smallest absolute Gasteiger partial charge is 0.139 e. The van der Waals surface area contributed by atoms with E-state index in [0.717, 1.165) is 17.7 Å². The van der Waals surface area contributed by atoms with Gasteiger partial charge in [0.2, 0.25) is 0 Å². The van der Waals surface area contributed by atoms with Crippen LogP contribution in [0.5, 0.6) is 5.75 Å². The molecule has 1 heterocycles. The quantitative estimate of drug-likeness (QED) is 0.877. The minimum atomic E-state index is -0.147. The second-order valence-electron chi connectivity index (χ2n) is 4.29. The van der Waals surface area contributed by atoms with E-state index < -0.39 is 0 Å². The summed E-state index contributed by atoms with van der Waals surface area (Å²) in [7, 11) is 1.88. The van der Waals surface area contributed by atoms with Gasteiger partial charge >= 0.3 is 0 Å². The summed E-state index contributed by atoms with van der Waals surface area (Å²) >= 11 is 0. The maximum absolute atomic E-state index is 5.88. The van der Waals surface area contributed by atoms with Crippen LogP contribution in [0.15, 0.2) is 36.7 Å². The van der Waals surface area contributed by atoms with Gasteiger partial charge in [0.15, 0.2) is 0 Å². The number of rotatable bonds is 5. The normalized spacial score (nSPS) is 12.4. The zero-order valence-electron chi connectivity index (χ0n) is 10.8. The molecule has 2 aromatic rings. The van der Waals surface area contributed by atoms with E-state index in [2.05, 4.69) is 24.2 Å². The van der Waals surface area contributed by atoms with E-state index in [9.17, 15) is 0 Å². The third-order valence-corrected chi connectivity index (χ3v) is 2.92. The van der Waals surface area contributed by atoms with Crippen LogP contribution >= 0.6 is 0 Å². The number of aryl methyl sites for hydroxylation is 2. The standard InChI is InChI=1S/C14H19N3O/c1-3-11-4-6-13(7-5-11)18-14(8-15)12-9-16-17(2)10-12/h4-7,9-10,14H,3,8,15H2,1-2H3. The summed E-state index contributed by atoms with van der Waals surface area (Å²) < 4.78 is 7.64. The Hall–Kier alpha value is -1.81. The molecule has 4 heteroatoms. The van der Waals surface area contributed by atoms with Gasteiger partial charge in [-0.25, -0.2) is 0 Å². The second kappa shape index (κ2) is 5.69. The van der Waals surface area contributed by atoms with Crippen molar-refractivity contribution in [2.75, 3.05) is 6.54 Å². The van der Waals surface area contributed by atoms with E-state index in [1.807, 2.05) is 25.4 Å². The summed E-state index contributed by atoms with van der Waals surface area (Å²) in [6, 6.07) is 8.12. The highest BCUT2D eigenvalue weighted by Crippen LogP contribution is 2.21. The minimum absolute atomic E-state index is 0.147. The fourth-order valence-corrected chi connectivity index (χ4v) is 1.83. The van der Waals surface area contributed by atoms with Crippen LogP contribution in [0.3, 0.4) is 0 Å². The molecule has 1 aromatic carbocycles. The molecule has 18 heavy (non-hydrogen) atoms. The van der Waals surface area contributed by atoms with Crippen LogP contribution in [0.25, 0.3) is 0 Å². The minimum Gasteiger partial charge on any atom is -0.484 e. The lowest BCUT2D eigenvalue weighted by molar-refractivity contribution is 0.214. The molecule has 0 spiro atoms. The fourth-order valence-electron chi connectivity index (χ4n) is 1.83. The average Bonchev–Trinajstić information content (AvgIpc) is 2.83. The van der Waals surface area contributed by atoms with Gasteiger partial charge in [0, 0.05) is 25.4 Å². The molecular formula is C14H19N3O. The fraction of sp³-hybridized carbons (Fsp3) is 0.357. The number of nitrogens with zero attached hydrogens (tertiary/aromatic N) is 2. The Bertz CT molecular complexity index is 490. The predicted molar refractivity (Wildman–Crippen MR) is 71.5 cm³/mol. The number of hydrogen-bond acceptors (Lipinski definition) is 3. The van der Waals surface area contributed by atoms with Crippen molar-refractivity contribution in [3.05, 3.63) is 47.8 Å². The van der Waals surface area contributed by atoms with Gasteiger partial charge in [-0.05, 0) is 24.1 Å². The molecule has 0 saturated heterocycles. The Balaban J connectivity index is 2.10. The molecule has 0 saturated carbocycles. The van der Waals surface area contributed by atoms with Gasteiger partial charge in [-0.3, -0.25) is 4.68 Å². The molecule has 1 aromatic heterocycles. The van der Waals surface area contributed by atoms with Gasteiger partial charge in [0.1, 0.15) is 11.9 Å². The summed E-state index contributed by atoms with van der Waals surface area (Å²) in [4.78, 5) is 0. The Morgan fingerprint density at radius 2 is 2.06 bits per heavy atom. The summed E-state index contributed by atoms with van der Waals surface area (Å²) in [5, 5.41) is 4.14. The highest BCUT2D eigenvalue weighted by molar-refractivity contribution is 5.28. The Kier molecular flexibility index (Phi) is 3.99. The van der Waals surface area contributed by atoms with Gasteiger partial charge in [-0.1, -0.05) is 19.1 Å². The monoisotopic (exact) mass is 245 g/mol. The molecule has 0 fully saturated rings. The first-order valence-corrected chi connectivity index (χ1v) is 6.17. The molecule has 0 amide bonds. The van der Waals surface area contributed by atoms with Crippen molar-refractivity contribution >= 4 is 0 Å². The van der Waals surface area contributed by atoms with Gasteiger partial charge in [0.05, 0.1) is 6.20 Å². The van der Waals surface area contributed by atoms with Crippen molar-refractivity contribution in [3.8, 4) is 5.75 Å². The molecule has 1 atom stereocenters. The van der Waals surface area contributed by atoms with Crippen LogP contribution < -0.4 is 10.5 Å². The topological polar surface area (TPSA) is 53.1 Å². The first kappa shape index (κ1) is 12.6. The van der Waals surface area contributed by atoms with E-state index in [1.54, 1.807) is 10.9 Å². The molecule has 2 N–H and O–H groups in total. The third-order valence-electron chi connectivity index (χ3n) is 2.92. The van der Waals surface area contributed by atoms with Gasteiger partial charge < -0.3 is 10.5 Å². The number of hydrogen-bond donors (Lipinski definition) is 1. The molecule has 1 unspecified atom stereocenters. The van der Waals surface area contributed by atoms with Crippen molar-refractivity contribution in [3.63, 3.8) is 0 Å². The summed E-state index contributed by atoms with van der Waals surface area (Å²) in [6.07, 6.45) is 4.60. The third kappa shape index (κ3) is 2.90. The number of nitrogens with two attached hydrogens (primary N) is 1. The summed E-state index contributed by atoms with van der Waals surface area (Å²) in [5.41, 5.74) is 8.05. The predicted octanol–water partition coefficient (Wildman–Crippen LogP) is 2.06. The van der Waals surface area contributed by atoms with Crippen molar-refractivity contribution in [2.24, 2.45) is 12.8 Å². The molecule has 0 aliphatic carbocycles. The van der Waals surface area contributed by atoms with Crippen LogP contribution in [0, 0.1) is 0 Å². The van der Waals surface area contributed by atoms with E-state index >= 15 is 0 Å². The number of benzene rings is 1. The lowest BCUT2D eigenvalue weighted by Gasteiger charge is -2.16. The highest BCUT2D eigenvalue weighted by Gasteiger charge is 2.13. The first-order chi connectivity index (χ1) is 8.72. The molecule has 0 aliphatic rings. The van der Waals surface area contributed by atoms with E-state index in [4.69, 9.17) is 10.5 Å². The molecule has 2 rings (SSSR count). The maximum atomic E-state index is 5.88. The SMILES string of the molecule is CCc1ccc(OC(CN)c2cnn(C)c2)cc1. The van der Waals surface area contributed by atoms with E-state index in [-0.39, 0.29) is 6.10 Å². The van der Waals surface area contributed by atoms with Crippen molar-refractivity contribution in [1.29, 1.82) is 0 Å². The lowest BCUT2D eigenvalue weighted by Crippen LogP contribution is -2.18. The summed E-state index contributed by atoms with van der Waals surface area (Å²) in [5.74, 6) is 0.839. The molecular weight excluding hydrogens is 226 g/mol. The van der Waals surface area contributed by atoms with Gasteiger partial charge in [0.25, 0.3) is 0 Å².